The molecule has 1 fully saturated rings. The van der Waals surface area contributed by atoms with Gasteiger partial charge in [0.2, 0.25) is 15.9 Å². The Morgan fingerprint density at radius 3 is 2.56 bits per heavy atom. The van der Waals surface area contributed by atoms with Crippen LogP contribution in [0, 0.1) is 13.8 Å². The summed E-state index contributed by atoms with van der Waals surface area (Å²) in [6, 6.07) is 5.15. The van der Waals surface area contributed by atoms with E-state index >= 15 is 0 Å². The van der Waals surface area contributed by atoms with Crippen molar-refractivity contribution < 1.29 is 21.6 Å². The molecular weight excluding hydrogens is 364 g/mol. The van der Waals surface area contributed by atoms with Crippen molar-refractivity contribution in [3.05, 3.63) is 29.3 Å². The third-order valence-corrected chi connectivity index (χ3v) is 7.73. The molecule has 0 aliphatic carbocycles. The Labute approximate surface area is 149 Å². The van der Waals surface area contributed by atoms with Gasteiger partial charge in [0.1, 0.15) is 0 Å². The van der Waals surface area contributed by atoms with Crippen molar-refractivity contribution in [1.29, 1.82) is 0 Å². The molecule has 0 aromatic heterocycles. The molecule has 1 aliphatic heterocycles. The third-order valence-electron chi connectivity index (χ3n) is 4.22. The van der Waals surface area contributed by atoms with Crippen molar-refractivity contribution in [3.63, 3.8) is 0 Å². The molecule has 1 saturated heterocycles. The van der Waals surface area contributed by atoms with E-state index < -0.39 is 25.4 Å². The predicted octanol–water partition coefficient (Wildman–Crippen LogP) is 0.665. The highest BCUT2D eigenvalue weighted by atomic mass is 32.2. The Kier molecular flexibility index (Phi) is 5.60. The quantitative estimate of drug-likeness (QED) is 0.744. The predicted molar refractivity (Wildman–Crippen MR) is 95.5 cm³/mol. The Morgan fingerprint density at radius 1 is 1.28 bits per heavy atom. The van der Waals surface area contributed by atoms with Gasteiger partial charge in [-0.25, -0.2) is 21.6 Å². The lowest BCUT2D eigenvalue weighted by Crippen LogP contribution is -2.47. The van der Waals surface area contributed by atoms with Crippen LogP contribution in [0.15, 0.2) is 23.1 Å². The molecule has 0 saturated carbocycles. The number of aryl methyl sites for hydroxylation is 2. The minimum atomic E-state index is -3.70. The number of sulfone groups is 1. The molecule has 1 unspecified atom stereocenters. The summed E-state index contributed by atoms with van der Waals surface area (Å²) in [5, 5.41) is 2.70. The molecule has 1 atom stereocenters. The number of hydrogen-bond acceptors (Lipinski definition) is 5. The molecule has 0 spiro atoms. The van der Waals surface area contributed by atoms with Gasteiger partial charge in [-0.05, 0) is 44.4 Å². The maximum Gasteiger partial charge on any atom is 0.240 e. The average molecular weight is 389 g/mol. The molecule has 7 nitrogen and oxygen atoms in total. The van der Waals surface area contributed by atoms with Crippen molar-refractivity contribution in [2.24, 2.45) is 0 Å². The zero-order chi connectivity index (χ0) is 18.9. The summed E-state index contributed by atoms with van der Waals surface area (Å²) >= 11 is 0. The van der Waals surface area contributed by atoms with Gasteiger partial charge in [-0.2, -0.15) is 0 Å². The molecule has 2 N–H and O–H groups in total. The van der Waals surface area contributed by atoms with Gasteiger partial charge in [-0.15, -0.1) is 0 Å². The van der Waals surface area contributed by atoms with E-state index in [4.69, 9.17) is 0 Å². The van der Waals surface area contributed by atoms with E-state index in [9.17, 15) is 21.6 Å². The lowest BCUT2D eigenvalue weighted by Gasteiger charge is -2.23. The lowest BCUT2D eigenvalue weighted by atomic mass is 10.0. The second kappa shape index (κ2) is 7.05. The first-order valence-electron chi connectivity index (χ1n) is 8.01. The highest BCUT2D eigenvalue weighted by molar-refractivity contribution is 7.91. The molecule has 1 heterocycles. The standard InChI is InChI=1S/C16H24N2O5S2/c1-12-4-5-13(2)14(10-12)25(22,23)17-8-6-15(19)18-16(3)7-9-24(20,21)11-16/h4-5,10,17H,6-9,11H2,1-3H3,(H,18,19). The summed E-state index contributed by atoms with van der Waals surface area (Å²) in [7, 11) is -6.81. The summed E-state index contributed by atoms with van der Waals surface area (Å²) in [5.74, 6) is -0.397. The van der Waals surface area contributed by atoms with Crippen LogP contribution in [-0.4, -0.2) is 46.3 Å². The first-order valence-corrected chi connectivity index (χ1v) is 11.3. The summed E-state index contributed by atoms with van der Waals surface area (Å²) in [6.45, 7) is 5.16. The maximum absolute atomic E-state index is 12.4. The van der Waals surface area contributed by atoms with E-state index in [-0.39, 0.29) is 35.3 Å². The van der Waals surface area contributed by atoms with E-state index in [0.29, 0.717) is 12.0 Å². The van der Waals surface area contributed by atoms with Crippen LogP contribution in [0.3, 0.4) is 0 Å². The molecular formula is C16H24N2O5S2. The number of carbonyl (C=O) groups is 1. The van der Waals surface area contributed by atoms with Crippen molar-refractivity contribution >= 4 is 25.8 Å². The van der Waals surface area contributed by atoms with Crippen LogP contribution in [0.2, 0.25) is 0 Å². The summed E-state index contributed by atoms with van der Waals surface area (Å²) in [6.07, 6.45) is 0.315. The van der Waals surface area contributed by atoms with Crippen LogP contribution in [-0.2, 0) is 24.7 Å². The molecule has 1 amide bonds. The van der Waals surface area contributed by atoms with Crippen molar-refractivity contribution in [3.8, 4) is 0 Å². The van der Waals surface area contributed by atoms with Gasteiger partial charge in [0.25, 0.3) is 0 Å². The molecule has 1 aliphatic rings. The molecule has 25 heavy (non-hydrogen) atoms. The Hall–Kier alpha value is -1.45. The zero-order valence-corrected chi connectivity index (χ0v) is 16.3. The molecule has 0 radical (unpaired) electrons. The fraction of sp³-hybridized carbons (Fsp3) is 0.562. The number of rotatable bonds is 6. The number of hydrogen-bond donors (Lipinski definition) is 2. The highest BCUT2D eigenvalue weighted by Gasteiger charge is 2.39. The highest BCUT2D eigenvalue weighted by Crippen LogP contribution is 2.22. The molecule has 0 bridgehead atoms. The number of sulfonamides is 1. The minimum absolute atomic E-state index is 0.0512. The fourth-order valence-corrected chi connectivity index (χ4v) is 6.33. The number of nitrogens with one attached hydrogen (secondary N) is 2. The number of amides is 1. The molecule has 2 rings (SSSR count). The van der Waals surface area contributed by atoms with Crippen molar-refractivity contribution in [2.75, 3.05) is 18.1 Å². The van der Waals surface area contributed by atoms with Crippen LogP contribution in [0.5, 0.6) is 0 Å². The van der Waals surface area contributed by atoms with Crippen molar-refractivity contribution in [1.82, 2.24) is 10.0 Å². The van der Waals surface area contributed by atoms with E-state index in [1.54, 1.807) is 26.0 Å². The first-order chi connectivity index (χ1) is 11.4. The van der Waals surface area contributed by atoms with Gasteiger partial charge in [0.05, 0.1) is 21.9 Å². The SMILES string of the molecule is Cc1ccc(C)c(S(=O)(=O)NCCC(=O)NC2(C)CCS(=O)(=O)C2)c1. The van der Waals surface area contributed by atoms with Crippen LogP contribution in [0.1, 0.15) is 30.9 Å². The Bertz CT molecular complexity index is 878. The summed E-state index contributed by atoms with van der Waals surface area (Å²) in [5.41, 5.74) is 0.687. The maximum atomic E-state index is 12.4. The largest absolute Gasteiger partial charge is 0.350 e. The van der Waals surface area contributed by atoms with Crippen molar-refractivity contribution in [2.45, 2.75) is 44.0 Å². The van der Waals surface area contributed by atoms with E-state index in [1.807, 2.05) is 13.0 Å². The van der Waals surface area contributed by atoms with Gasteiger partial charge in [0, 0.05) is 13.0 Å². The zero-order valence-electron chi connectivity index (χ0n) is 14.6. The Balaban J connectivity index is 1.92. The molecule has 1 aromatic rings. The van der Waals surface area contributed by atoms with Gasteiger partial charge in [-0.1, -0.05) is 12.1 Å². The van der Waals surface area contributed by atoms with Crippen LogP contribution < -0.4 is 10.0 Å². The molecule has 9 heteroatoms. The average Bonchev–Trinajstić information content (AvgIpc) is 2.74. The third kappa shape index (κ3) is 5.26. The topological polar surface area (TPSA) is 109 Å². The Morgan fingerprint density at radius 2 is 1.96 bits per heavy atom. The van der Waals surface area contributed by atoms with Crippen LogP contribution in [0.4, 0.5) is 0 Å². The van der Waals surface area contributed by atoms with E-state index in [0.717, 1.165) is 5.56 Å². The van der Waals surface area contributed by atoms with Gasteiger partial charge in [0.15, 0.2) is 9.84 Å². The lowest BCUT2D eigenvalue weighted by molar-refractivity contribution is -0.122. The van der Waals surface area contributed by atoms with Gasteiger partial charge >= 0.3 is 0 Å². The van der Waals surface area contributed by atoms with E-state index in [2.05, 4.69) is 10.0 Å². The normalized spacial score (nSPS) is 22.7. The number of carbonyl (C=O) groups excluding carboxylic acids is 1. The molecule has 140 valence electrons. The molecule has 1 aromatic carbocycles. The second-order valence-electron chi connectivity index (χ2n) is 6.87. The van der Waals surface area contributed by atoms with Crippen LogP contribution >= 0.6 is 0 Å². The van der Waals surface area contributed by atoms with Gasteiger partial charge < -0.3 is 5.32 Å². The number of benzene rings is 1. The minimum Gasteiger partial charge on any atom is -0.350 e. The fourth-order valence-electron chi connectivity index (χ4n) is 2.88. The summed E-state index contributed by atoms with van der Waals surface area (Å²) in [4.78, 5) is 12.2. The van der Waals surface area contributed by atoms with Gasteiger partial charge in [-0.3, -0.25) is 4.79 Å². The smallest absolute Gasteiger partial charge is 0.240 e. The second-order valence-corrected chi connectivity index (χ2v) is 10.8. The van der Waals surface area contributed by atoms with Crippen LogP contribution in [0.25, 0.3) is 0 Å². The summed E-state index contributed by atoms with van der Waals surface area (Å²) < 4.78 is 50.2. The monoisotopic (exact) mass is 388 g/mol. The van der Waals surface area contributed by atoms with E-state index in [1.165, 1.54) is 0 Å². The first kappa shape index (κ1) is 19.9.